The maximum atomic E-state index is 13.2. The second-order valence-electron chi connectivity index (χ2n) is 24.6. The van der Waals surface area contributed by atoms with E-state index < -0.39 is 81.9 Å². The third-order valence-corrected chi connectivity index (χ3v) is 37.7. The molecule has 16 nitrogen and oxygen atoms in total. The van der Waals surface area contributed by atoms with Crippen molar-refractivity contribution in [2.75, 3.05) is 6.61 Å². The lowest BCUT2D eigenvalue weighted by Gasteiger charge is -2.59. The van der Waals surface area contributed by atoms with Crippen molar-refractivity contribution in [3.8, 4) is 12.1 Å². The maximum absolute atomic E-state index is 13.2. The molecule has 0 aromatic heterocycles. The van der Waals surface area contributed by atoms with Crippen molar-refractivity contribution < 1.29 is 55.4 Å². The molecule has 2 spiro atoms. The van der Waals surface area contributed by atoms with Gasteiger partial charge in [0.2, 0.25) is 11.8 Å². The summed E-state index contributed by atoms with van der Waals surface area (Å²) >= 11 is 0. The first kappa shape index (κ1) is 61.7. The molecular weight excluding hydrogens is 1060 g/mol. The molecule has 2 N–H and O–H groups in total. The van der Waals surface area contributed by atoms with Crippen LogP contribution in [0.25, 0.3) is 0 Å². The number of β-lactam (4-membered cyclic amide) rings is 2. The van der Waals surface area contributed by atoms with Crippen LogP contribution < -0.4 is 0 Å². The van der Waals surface area contributed by atoms with E-state index in [9.17, 15) is 30.3 Å². The summed E-state index contributed by atoms with van der Waals surface area (Å²) in [5.74, 6) is -0.476. The van der Waals surface area contributed by atoms with Crippen LogP contribution in [0.15, 0.2) is 96.1 Å². The molecular formula is C58H86N4O12Si4. The summed E-state index contributed by atoms with van der Waals surface area (Å²) in [5.41, 5.74) is -0.841. The van der Waals surface area contributed by atoms with E-state index in [4.69, 9.17) is 35.6 Å². The topological polar surface area (TPSA) is 202 Å². The summed E-state index contributed by atoms with van der Waals surface area (Å²) in [5, 5.41) is 45.8. The Labute approximate surface area is 468 Å². The first-order chi connectivity index (χ1) is 36.6. The van der Waals surface area contributed by atoms with E-state index in [-0.39, 0.29) is 87.8 Å². The van der Waals surface area contributed by atoms with E-state index >= 15 is 0 Å². The number of hydrogen-bond acceptors (Lipinski definition) is 14. The van der Waals surface area contributed by atoms with Gasteiger partial charge in [-0.1, -0.05) is 178 Å². The fourth-order valence-electron chi connectivity index (χ4n) is 12.9. The Hall–Kier alpha value is -3.95. The number of hydroxylamine groups is 4. The third-order valence-electron chi connectivity index (χ3n) is 17.2. The summed E-state index contributed by atoms with van der Waals surface area (Å²) in [6, 6.07) is 23.7. The number of amides is 2. The van der Waals surface area contributed by atoms with Gasteiger partial charge in [0.15, 0.2) is 0 Å². The smallest absolute Gasteiger partial charge is 0.335 e. The number of nitrogens with zero attached hydrogens (tertiary/aromatic N) is 4. The van der Waals surface area contributed by atoms with Crippen LogP contribution in [0.3, 0.4) is 0 Å². The minimum atomic E-state index is -3.17. The van der Waals surface area contributed by atoms with Gasteiger partial charge in [0, 0.05) is 0 Å². The molecule has 2 aromatic carbocycles. The number of aliphatic hydroxyl groups excluding tert-OH is 1. The highest BCUT2D eigenvalue weighted by molar-refractivity contribution is 6.85. The van der Waals surface area contributed by atoms with Crippen LogP contribution >= 0.6 is 0 Å². The largest absolute Gasteiger partial charge is 0.414 e. The molecule has 4 heterocycles. The van der Waals surface area contributed by atoms with Crippen LogP contribution in [0.1, 0.15) is 135 Å². The predicted octanol–water partition coefficient (Wildman–Crippen LogP) is 11.0. The molecule has 2 amide bonds. The van der Waals surface area contributed by atoms with Gasteiger partial charge in [-0.05, 0) is 73.2 Å². The standard InChI is InChI=1S/C29H44N2O7Si2.C29H42N2O5Si2/c1-19(2)39(20(3)4)36-26-27(37-40(38-39,21(5)6)22(7)8)29(24(16-30)14-28(26,34)18-32)15-25(33)31(29)35-17-23-12-10-9-11-13-23;1-19(2)37(20(3)4)34-27-23(9)15-25(17-30)29(28(27)35-38(36-37,21(5)6)22(7)8)16-26(32)31(29)33-18-24-13-11-10-12-14-24/h9-14,19-22,26-27,32,34H,15,17-18H2,1-8H3;10-15,19-22,27-28H,9,16,18H2,1-8H3. The Bertz CT molecular complexity index is 2640. The van der Waals surface area contributed by atoms with Crippen molar-refractivity contribution in [3.63, 3.8) is 0 Å². The molecule has 0 bridgehead atoms. The van der Waals surface area contributed by atoms with Gasteiger partial charge in [-0.25, -0.2) is 10.1 Å². The number of hydrogen-bond donors (Lipinski definition) is 2. The van der Waals surface area contributed by atoms with Gasteiger partial charge in [-0.15, -0.1) is 0 Å². The van der Waals surface area contributed by atoms with Crippen molar-refractivity contribution in [2.45, 2.75) is 222 Å². The van der Waals surface area contributed by atoms with Crippen LogP contribution in [0.5, 0.6) is 0 Å². The number of fused-ring (bicyclic) bond motifs is 4. The van der Waals surface area contributed by atoms with Crippen molar-refractivity contribution in [3.05, 3.63) is 107 Å². The van der Waals surface area contributed by atoms with Gasteiger partial charge in [0.1, 0.15) is 48.2 Å². The van der Waals surface area contributed by atoms with Crippen LogP contribution in [-0.2, 0) is 58.4 Å². The predicted molar refractivity (Wildman–Crippen MR) is 305 cm³/mol. The lowest BCUT2D eigenvalue weighted by molar-refractivity contribution is -0.284. The second-order valence-corrected chi connectivity index (χ2v) is 42.2. The maximum Gasteiger partial charge on any atom is 0.335 e. The van der Waals surface area contributed by atoms with Gasteiger partial charge in [0.05, 0.1) is 48.8 Å². The molecule has 4 saturated heterocycles. The Morgan fingerprint density at radius 1 is 0.577 bits per heavy atom. The quantitative estimate of drug-likeness (QED) is 0.126. The summed E-state index contributed by atoms with van der Waals surface area (Å²) in [6.45, 7) is 37.9. The Morgan fingerprint density at radius 2 is 0.923 bits per heavy atom. The molecule has 6 aliphatic rings. The summed E-state index contributed by atoms with van der Waals surface area (Å²) in [4.78, 5) is 38.6. The number of benzene rings is 2. The zero-order chi connectivity index (χ0) is 57.7. The molecule has 4 fully saturated rings. The zero-order valence-corrected chi connectivity index (χ0v) is 52.9. The molecule has 426 valence electrons. The van der Waals surface area contributed by atoms with Crippen LogP contribution in [0.4, 0.5) is 0 Å². The van der Waals surface area contributed by atoms with Crippen molar-refractivity contribution in [1.29, 1.82) is 10.5 Å². The van der Waals surface area contributed by atoms with Gasteiger partial charge in [-0.2, -0.15) is 10.5 Å². The SMILES string of the molecule is C=C1C=C(C#N)C2(CC(=O)N2OCc2ccccc2)C2O[Si](C(C)C)(C(C)C)O[Si](C(C)C)(C(C)C)OC12.CC(C)[Si]1(C(C)C)OC2C(O[Si](C(C)C)(C(C)C)O1)C1(CC(=O)N1OCc1ccccc1)C(C#N)=CC2(O)CO. The first-order valence-electron chi connectivity index (χ1n) is 28.0. The average molecular weight is 1140 g/mol. The lowest BCUT2D eigenvalue weighted by atomic mass is 9.65. The minimum absolute atomic E-state index is 0.00656. The van der Waals surface area contributed by atoms with Gasteiger partial charge < -0.3 is 36.1 Å². The molecule has 0 radical (unpaired) electrons. The number of aliphatic hydroxyl groups is 2. The van der Waals surface area contributed by atoms with E-state index in [0.29, 0.717) is 11.1 Å². The third kappa shape index (κ3) is 10.1. The highest BCUT2D eigenvalue weighted by Crippen LogP contribution is 2.58. The van der Waals surface area contributed by atoms with E-state index in [1.165, 1.54) is 16.2 Å². The number of carbonyl (C=O) groups excluding carboxylic acids is 2. The number of rotatable bonds is 15. The molecule has 0 saturated carbocycles. The fourth-order valence-corrected chi connectivity index (χ4v) is 35.5. The van der Waals surface area contributed by atoms with Crippen molar-refractivity contribution in [2.24, 2.45) is 0 Å². The summed E-state index contributed by atoms with van der Waals surface area (Å²) in [7, 11) is -12.2. The normalized spacial score (nSPS) is 29.9. The zero-order valence-electron chi connectivity index (χ0n) is 48.9. The molecule has 20 heteroatoms. The molecule has 2 aliphatic carbocycles. The van der Waals surface area contributed by atoms with E-state index in [0.717, 1.165) is 11.1 Å². The van der Waals surface area contributed by atoms with Crippen LogP contribution in [-0.4, -0.2) is 114 Å². The molecule has 2 aromatic rings. The fraction of sp³-hybridized carbons (Fsp3) is 0.621. The van der Waals surface area contributed by atoms with Gasteiger partial charge in [-0.3, -0.25) is 19.3 Å². The van der Waals surface area contributed by atoms with E-state index in [1.807, 2.05) is 60.7 Å². The molecule has 4 aliphatic heterocycles. The Balaban J connectivity index is 0.000000226. The van der Waals surface area contributed by atoms with Crippen molar-refractivity contribution >= 4 is 46.1 Å². The van der Waals surface area contributed by atoms with E-state index in [2.05, 4.69) is 129 Å². The summed E-state index contributed by atoms with van der Waals surface area (Å²) in [6.07, 6.45) is -0.117. The summed E-state index contributed by atoms with van der Waals surface area (Å²) < 4.78 is 43.2. The van der Waals surface area contributed by atoms with Crippen LogP contribution in [0.2, 0.25) is 44.3 Å². The lowest BCUT2D eigenvalue weighted by Crippen LogP contribution is -2.78. The molecule has 8 rings (SSSR count). The van der Waals surface area contributed by atoms with Crippen LogP contribution in [0, 0.1) is 22.7 Å². The molecule has 7 unspecified atom stereocenters. The Kier molecular flexibility index (Phi) is 18.3. The van der Waals surface area contributed by atoms with Crippen molar-refractivity contribution in [1.82, 2.24) is 10.1 Å². The van der Waals surface area contributed by atoms with Gasteiger partial charge in [0.25, 0.3) is 0 Å². The number of carbonyl (C=O) groups is 2. The minimum Gasteiger partial charge on any atom is -0.414 e. The first-order valence-corrected chi connectivity index (χ1v) is 35.9. The number of nitriles is 2. The Morgan fingerprint density at radius 3 is 1.27 bits per heavy atom. The molecule has 78 heavy (non-hydrogen) atoms. The van der Waals surface area contributed by atoms with Gasteiger partial charge >= 0.3 is 34.2 Å². The highest BCUT2D eigenvalue weighted by atomic mass is 28.5. The highest BCUT2D eigenvalue weighted by Gasteiger charge is 2.74. The second kappa shape index (κ2) is 23.1. The molecule has 7 atom stereocenters. The monoisotopic (exact) mass is 1140 g/mol. The van der Waals surface area contributed by atoms with E-state index in [1.54, 1.807) is 6.08 Å². The average Bonchev–Trinajstić information content (AvgIpc) is 3.91.